The maximum Gasteiger partial charge on any atom is 0.266 e. The second kappa shape index (κ2) is 5.48. The van der Waals surface area contributed by atoms with Crippen molar-refractivity contribution in [1.82, 2.24) is 4.98 Å². The van der Waals surface area contributed by atoms with Gasteiger partial charge in [-0.15, -0.1) is 0 Å². The summed E-state index contributed by atoms with van der Waals surface area (Å²) in [4.78, 5) is 4.05. The fourth-order valence-corrected chi connectivity index (χ4v) is 3.49. The number of rotatable bonds is 5. The summed E-state index contributed by atoms with van der Waals surface area (Å²) in [5.74, 6) is -0.0341. The molecule has 1 saturated carbocycles. The van der Waals surface area contributed by atoms with Crippen LogP contribution < -0.4 is 5.32 Å². The highest BCUT2D eigenvalue weighted by Crippen LogP contribution is 2.35. The average molecular weight is 348 g/mol. The van der Waals surface area contributed by atoms with Crippen LogP contribution in [-0.2, 0) is 9.84 Å². The van der Waals surface area contributed by atoms with E-state index in [-0.39, 0.29) is 27.7 Å². The fourth-order valence-electron chi connectivity index (χ4n) is 2.22. The van der Waals surface area contributed by atoms with Crippen LogP contribution in [0.25, 0.3) is 11.7 Å². The molecule has 0 spiro atoms. The highest BCUT2D eigenvalue weighted by molar-refractivity contribution is 7.91. The lowest BCUT2D eigenvalue weighted by Crippen LogP contribution is -2.08. The van der Waals surface area contributed by atoms with Crippen LogP contribution in [0.5, 0.6) is 0 Å². The molecule has 3 aromatic rings. The Labute approximate surface area is 137 Å². The van der Waals surface area contributed by atoms with Gasteiger partial charge in [-0.2, -0.15) is 4.98 Å². The zero-order chi connectivity index (χ0) is 16.7. The topological polar surface area (TPSA) is 85.3 Å². The van der Waals surface area contributed by atoms with Crippen molar-refractivity contribution in [2.75, 3.05) is 5.32 Å². The number of halogens is 1. The van der Waals surface area contributed by atoms with E-state index in [1.165, 1.54) is 18.4 Å². The van der Waals surface area contributed by atoms with Crippen molar-refractivity contribution in [2.45, 2.75) is 28.8 Å². The normalized spacial score (nSPS) is 14.7. The predicted octanol–water partition coefficient (Wildman–Crippen LogP) is 3.48. The largest absolute Gasteiger partial charge is 0.459 e. The highest BCUT2D eigenvalue weighted by atomic mass is 32.2. The first-order valence-corrected chi connectivity index (χ1v) is 8.84. The van der Waals surface area contributed by atoms with Gasteiger partial charge in [0.1, 0.15) is 5.82 Å². The molecular formula is C16H13FN2O4S. The van der Waals surface area contributed by atoms with E-state index in [2.05, 4.69) is 10.3 Å². The maximum absolute atomic E-state index is 13.1. The Morgan fingerprint density at radius 1 is 1.17 bits per heavy atom. The van der Waals surface area contributed by atoms with Crippen molar-refractivity contribution < 1.29 is 21.6 Å². The van der Waals surface area contributed by atoms with Crippen LogP contribution in [-0.4, -0.2) is 19.4 Å². The van der Waals surface area contributed by atoms with Gasteiger partial charge in [-0.25, -0.2) is 12.8 Å². The standard InChI is InChI=1S/C16H13FN2O4S/c17-10-3-7-12(8-4-10)24(20,21)16-15(18-11-5-6-11)23-14(19-16)13-2-1-9-22-13/h1-4,7-9,11,18H,5-6H2. The molecule has 0 radical (unpaired) electrons. The Morgan fingerprint density at radius 2 is 1.92 bits per heavy atom. The molecule has 124 valence electrons. The number of furan rings is 1. The average Bonchev–Trinajstić information content (AvgIpc) is 3.04. The third-order valence-corrected chi connectivity index (χ3v) is 5.30. The minimum atomic E-state index is -3.95. The smallest absolute Gasteiger partial charge is 0.266 e. The Bertz CT molecular complexity index is 958. The molecule has 8 heteroatoms. The molecule has 0 unspecified atom stereocenters. The van der Waals surface area contributed by atoms with Gasteiger partial charge in [0.15, 0.2) is 5.76 Å². The van der Waals surface area contributed by atoms with Gasteiger partial charge in [0.2, 0.25) is 20.7 Å². The van der Waals surface area contributed by atoms with Gasteiger partial charge in [-0.05, 0) is 49.2 Å². The SMILES string of the molecule is O=S(=O)(c1ccc(F)cc1)c1nc(-c2ccco2)oc1NC1CC1. The van der Waals surface area contributed by atoms with E-state index in [0.29, 0.717) is 5.76 Å². The molecule has 0 atom stereocenters. The third-order valence-electron chi connectivity index (χ3n) is 3.62. The molecule has 0 amide bonds. The van der Waals surface area contributed by atoms with Crippen LogP contribution in [0.15, 0.2) is 61.4 Å². The van der Waals surface area contributed by atoms with Gasteiger partial charge in [-0.1, -0.05) is 0 Å². The summed E-state index contributed by atoms with van der Waals surface area (Å²) in [5.41, 5.74) is 0. The first kappa shape index (κ1) is 14.9. The van der Waals surface area contributed by atoms with Crippen LogP contribution in [0.2, 0.25) is 0 Å². The number of hydrogen-bond donors (Lipinski definition) is 1. The minimum absolute atomic E-state index is 0.0537. The molecular weight excluding hydrogens is 335 g/mol. The quantitative estimate of drug-likeness (QED) is 0.711. The molecule has 2 aromatic heterocycles. The molecule has 2 heterocycles. The monoisotopic (exact) mass is 348 g/mol. The molecule has 0 saturated heterocycles. The van der Waals surface area contributed by atoms with E-state index in [1.807, 2.05) is 0 Å². The summed E-state index contributed by atoms with van der Waals surface area (Å²) < 4.78 is 49.5. The van der Waals surface area contributed by atoms with E-state index in [1.54, 1.807) is 12.1 Å². The number of oxazole rings is 1. The molecule has 1 aromatic carbocycles. The van der Waals surface area contributed by atoms with Gasteiger partial charge in [-0.3, -0.25) is 0 Å². The van der Waals surface area contributed by atoms with E-state index < -0.39 is 15.7 Å². The van der Waals surface area contributed by atoms with Crippen molar-refractivity contribution in [3.05, 3.63) is 48.5 Å². The number of anilines is 1. The van der Waals surface area contributed by atoms with Crippen molar-refractivity contribution in [3.63, 3.8) is 0 Å². The first-order chi connectivity index (χ1) is 11.5. The van der Waals surface area contributed by atoms with Crippen LogP contribution >= 0.6 is 0 Å². The number of benzene rings is 1. The van der Waals surface area contributed by atoms with E-state index >= 15 is 0 Å². The van der Waals surface area contributed by atoms with Crippen molar-refractivity contribution in [1.29, 1.82) is 0 Å². The molecule has 24 heavy (non-hydrogen) atoms. The molecule has 1 fully saturated rings. The zero-order valence-corrected chi connectivity index (χ0v) is 13.2. The highest BCUT2D eigenvalue weighted by Gasteiger charge is 2.32. The van der Waals surface area contributed by atoms with Crippen molar-refractivity contribution in [3.8, 4) is 11.7 Å². The zero-order valence-electron chi connectivity index (χ0n) is 12.4. The third kappa shape index (κ3) is 2.69. The minimum Gasteiger partial charge on any atom is -0.459 e. The molecule has 1 aliphatic carbocycles. The van der Waals surface area contributed by atoms with Crippen molar-refractivity contribution >= 4 is 15.7 Å². The van der Waals surface area contributed by atoms with Crippen LogP contribution in [0, 0.1) is 5.82 Å². The van der Waals surface area contributed by atoms with Gasteiger partial charge >= 0.3 is 0 Å². The summed E-state index contributed by atoms with van der Waals surface area (Å²) in [6.07, 6.45) is 3.32. The maximum atomic E-state index is 13.1. The lowest BCUT2D eigenvalue weighted by atomic mass is 10.4. The summed E-state index contributed by atoms with van der Waals surface area (Å²) >= 11 is 0. The molecule has 0 bridgehead atoms. The van der Waals surface area contributed by atoms with E-state index in [4.69, 9.17) is 8.83 Å². The Balaban J connectivity index is 1.81. The van der Waals surface area contributed by atoms with Crippen LogP contribution in [0.1, 0.15) is 12.8 Å². The predicted molar refractivity (Wildman–Crippen MR) is 82.7 cm³/mol. The summed E-state index contributed by atoms with van der Waals surface area (Å²) in [5, 5.41) is 2.80. The van der Waals surface area contributed by atoms with Crippen molar-refractivity contribution in [2.24, 2.45) is 0 Å². The van der Waals surface area contributed by atoms with Gasteiger partial charge in [0.25, 0.3) is 5.89 Å². The lowest BCUT2D eigenvalue weighted by molar-refractivity contribution is 0.522. The Morgan fingerprint density at radius 3 is 2.54 bits per heavy atom. The molecule has 0 aliphatic heterocycles. The lowest BCUT2D eigenvalue weighted by Gasteiger charge is -2.04. The van der Waals surface area contributed by atoms with Gasteiger partial charge < -0.3 is 14.2 Å². The van der Waals surface area contributed by atoms with Gasteiger partial charge in [0.05, 0.1) is 11.2 Å². The summed E-state index contributed by atoms with van der Waals surface area (Å²) in [6, 6.07) is 8.04. The molecule has 6 nitrogen and oxygen atoms in total. The number of sulfone groups is 1. The number of aromatic nitrogens is 1. The summed E-state index contributed by atoms with van der Waals surface area (Å²) in [7, 11) is -3.95. The number of hydrogen-bond acceptors (Lipinski definition) is 6. The van der Waals surface area contributed by atoms with E-state index in [9.17, 15) is 12.8 Å². The molecule has 1 N–H and O–H groups in total. The fraction of sp³-hybridized carbons (Fsp3) is 0.188. The number of nitrogens with zero attached hydrogens (tertiary/aromatic N) is 1. The number of nitrogens with one attached hydrogen (secondary N) is 1. The Hall–Kier alpha value is -2.61. The van der Waals surface area contributed by atoms with Crippen LogP contribution in [0.3, 0.4) is 0 Å². The second-order valence-electron chi connectivity index (χ2n) is 5.51. The molecule has 1 aliphatic rings. The summed E-state index contributed by atoms with van der Waals surface area (Å²) in [6.45, 7) is 0. The van der Waals surface area contributed by atoms with Crippen LogP contribution in [0.4, 0.5) is 10.3 Å². The Kier molecular flexibility index (Phi) is 3.42. The second-order valence-corrected chi connectivity index (χ2v) is 7.37. The van der Waals surface area contributed by atoms with Gasteiger partial charge in [0, 0.05) is 6.04 Å². The first-order valence-electron chi connectivity index (χ1n) is 7.36. The molecule has 4 rings (SSSR count). The van der Waals surface area contributed by atoms with E-state index in [0.717, 1.165) is 25.0 Å².